The number of nitrogens with one attached hydrogen (secondary N) is 1. The Bertz CT molecular complexity index is 874. The van der Waals surface area contributed by atoms with Crippen LogP contribution in [0.1, 0.15) is 63.3 Å². The Morgan fingerprint density at radius 1 is 1.14 bits per heavy atom. The van der Waals surface area contributed by atoms with Crippen LogP contribution >= 0.6 is 0 Å². The summed E-state index contributed by atoms with van der Waals surface area (Å²) >= 11 is 0. The van der Waals surface area contributed by atoms with Crippen molar-refractivity contribution in [2.24, 2.45) is 0 Å². The van der Waals surface area contributed by atoms with Crippen LogP contribution in [0, 0.1) is 0 Å². The zero-order chi connectivity index (χ0) is 21.0. The standard InChI is InChI=1S/C24H30N2O3/c1-5-6-7-18-10-13-22-21(14-18)23(25-17(4)27)24(28)26(22)15-19-8-11-20(12-9-19)29-16(2)3/h8-14,16,23H,5-7,15H2,1-4H3,(H,25,27)/t23-/m1/s1. The molecule has 2 amide bonds. The highest BCUT2D eigenvalue weighted by atomic mass is 16.5. The molecule has 2 aromatic carbocycles. The molecule has 0 aromatic heterocycles. The van der Waals surface area contributed by atoms with Crippen LogP contribution in [0.4, 0.5) is 5.69 Å². The first kappa shape index (κ1) is 20.9. The molecule has 154 valence electrons. The van der Waals surface area contributed by atoms with Crippen molar-refractivity contribution in [3.8, 4) is 5.75 Å². The molecule has 29 heavy (non-hydrogen) atoms. The summed E-state index contributed by atoms with van der Waals surface area (Å²) in [5.41, 5.74) is 3.97. The number of hydrogen-bond donors (Lipinski definition) is 1. The number of unbranched alkanes of at least 4 members (excludes halogenated alkanes) is 1. The van der Waals surface area contributed by atoms with E-state index in [9.17, 15) is 9.59 Å². The zero-order valence-electron chi connectivity index (χ0n) is 17.7. The van der Waals surface area contributed by atoms with Crippen molar-refractivity contribution in [1.29, 1.82) is 0 Å². The van der Waals surface area contributed by atoms with Gasteiger partial charge in [0, 0.05) is 18.2 Å². The van der Waals surface area contributed by atoms with Crippen LogP contribution in [0.25, 0.3) is 0 Å². The van der Waals surface area contributed by atoms with Gasteiger partial charge in [-0.2, -0.15) is 0 Å². The molecule has 1 aliphatic rings. The molecule has 5 heteroatoms. The normalized spacial score (nSPS) is 15.6. The second-order valence-electron chi connectivity index (χ2n) is 7.87. The molecule has 1 heterocycles. The lowest BCUT2D eigenvalue weighted by Crippen LogP contribution is -2.36. The van der Waals surface area contributed by atoms with Gasteiger partial charge in [0.1, 0.15) is 11.8 Å². The molecule has 3 rings (SSSR count). The van der Waals surface area contributed by atoms with Crippen LogP contribution in [-0.4, -0.2) is 17.9 Å². The highest BCUT2D eigenvalue weighted by Crippen LogP contribution is 2.38. The lowest BCUT2D eigenvalue weighted by atomic mass is 10.0. The molecule has 0 saturated heterocycles. The molecular formula is C24H30N2O3. The minimum Gasteiger partial charge on any atom is -0.491 e. The molecule has 1 atom stereocenters. The Morgan fingerprint density at radius 3 is 2.45 bits per heavy atom. The van der Waals surface area contributed by atoms with Gasteiger partial charge in [-0.25, -0.2) is 0 Å². The lowest BCUT2D eigenvalue weighted by molar-refractivity contribution is -0.126. The third-order valence-corrected chi connectivity index (χ3v) is 5.01. The predicted molar refractivity (Wildman–Crippen MR) is 115 cm³/mol. The number of nitrogens with zero attached hydrogens (tertiary/aromatic N) is 1. The van der Waals surface area contributed by atoms with Gasteiger partial charge >= 0.3 is 0 Å². The minimum atomic E-state index is -0.618. The van der Waals surface area contributed by atoms with E-state index >= 15 is 0 Å². The van der Waals surface area contributed by atoms with Crippen molar-refractivity contribution < 1.29 is 14.3 Å². The first-order valence-corrected chi connectivity index (χ1v) is 10.4. The maximum atomic E-state index is 13.1. The van der Waals surface area contributed by atoms with Crippen molar-refractivity contribution in [1.82, 2.24) is 5.32 Å². The van der Waals surface area contributed by atoms with Crippen LogP contribution in [0.2, 0.25) is 0 Å². The summed E-state index contributed by atoms with van der Waals surface area (Å²) in [6, 6.07) is 13.4. The second-order valence-corrected chi connectivity index (χ2v) is 7.87. The summed E-state index contributed by atoms with van der Waals surface area (Å²) in [5, 5.41) is 2.83. The number of ether oxygens (including phenoxy) is 1. The van der Waals surface area contributed by atoms with Gasteiger partial charge in [0.25, 0.3) is 5.91 Å². The monoisotopic (exact) mass is 394 g/mol. The Kier molecular flexibility index (Phi) is 6.57. The van der Waals surface area contributed by atoms with Gasteiger partial charge in [-0.15, -0.1) is 0 Å². The predicted octanol–water partition coefficient (Wildman–Crippen LogP) is 4.54. The van der Waals surface area contributed by atoms with Crippen molar-refractivity contribution in [3.63, 3.8) is 0 Å². The summed E-state index contributed by atoms with van der Waals surface area (Å²) in [5.74, 6) is 0.518. The fraction of sp³-hybridized carbons (Fsp3) is 0.417. The molecule has 0 saturated carbocycles. The van der Waals surface area contributed by atoms with Gasteiger partial charge in [0.2, 0.25) is 5.91 Å². The number of carbonyl (C=O) groups is 2. The fourth-order valence-corrected chi connectivity index (χ4v) is 3.66. The van der Waals surface area contributed by atoms with Gasteiger partial charge in [0.05, 0.1) is 12.6 Å². The number of aryl methyl sites for hydroxylation is 1. The van der Waals surface area contributed by atoms with E-state index in [1.54, 1.807) is 4.90 Å². The van der Waals surface area contributed by atoms with Gasteiger partial charge < -0.3 is 15.0 Å². The summed E-state index contributed by atoms with van der Waals surface area (Å²) in [7, 11) is 0. The topological polar surface area (TPSA) is 58.6 Å². The van der Waals surface area contributed by atoms with Crippen molar-refractivity contribution in [2.75, 3.05) is 4.90 Å². The van der Waals surface area contributed by atoms with E-state index in [1.807, 2.05) is 44.2 Å². The van der Waals surface area contributed by atoms with E-state index in [4.69, 9.17) is 4.74 Å². The van der Waals surface area contributed by atoms with Gasteiger partial charge in [-0.1, -0.05) is 37.6 Å². The molecule has 0 bridgehead atoms. The quantitative estimate of drug-likeness (QED) is 0.715. The molecule has 0 aliphatic carbocycles. The molecule has 5 nitrogen and oxygen atoms in total. The molecular weight excluding hydrogens is 364 g/mol. The smallest absolute Gasteiger partial charge is 0.254 e. The number of benzene rings is 2. The number of fused-ring (bicyclic) bond motifs is 1. The summed E-state index contributed by atoms with van der Waals surface area (Å²) < 4.78 is 5.69. The van der Waals surface area contributed by atoms with E-state index in [-0.39, 0.29) is 17.9 Å². The summed E-state index contributed by atoms with van der Waals surface area (Å²) in [4.78, 5) is 26.6. The highest BCUT2D eigenvalue weighted by molar-refractivity contribution is 6.06. The number of anilines is 1. The largest absolute Gasteiger partial charge is 0.491 e. The first-order valence-electron chi connectivity index (χ1n) is 10.4. The molecule has 0 fully saturated rings. The highest BCUT2D eigenvalue weighted by Gasteiger charge is 2.37. The van der Waals surface area contributed by atoms with Gasteiger partial charge in [-0.05, 0) is 56.0 Å². The first-order chi connectivity index (χ1) is 13.9. The Hall–Kier alpha value is -2.82. The third-order valence-electron chi connectivity index (χ3n) is 5.01. The average molecular weight is 395 g/mol. The molecule has 2 aromatic rings. The zero-order valence-corrected chi connectivity index (χ0v) is 17.7. The van der Waals surface area contributed by atoms with E-state index in [1.165, 1.54) is 12.5 Å². The number of hydrogen-bond acceptors (Lipinski definition) is 3. The second kappa shape index (κ2) is 9.12. The number of amides is 2. The van der Waals surface area contributed by atoms with Crippen LogP contribution in [0.5, 0.6) is 5.75 Å². The molecule has 0 spiro atoms. The van der Waals surface area contributed by atoms with Gasteiger partial charge in [0.15, 0.2) is 0 Å². The summed E-state index contributed by atoms with van der Waals surface area (Å²) in [6.07, 6.45) is 3.32. The van der Waals surface area contributed by atoms with Crippen LogP contribution in [-0.2, 0) is 22.6 Å². The molecule has 0 unspecified atom stereocenters. The van der Waals surface area contributed by atoms with E-state index in [2.05, 4.69) is 24.4 Å². The van der Waals surface area contributed by atoms with E-state index < -0.39 is 6.04 Å². The van der Waals surface area contributed by atoms with Crippen LogP contribution < -0.4 is 15.0 Å². The maximum Gasteiger partial charge on any atom is 0.254 e. The Balaban J connectivity index is 1.86. The fourth-order valence-electron chi connectivity index (χ4n) is 3.66. The van der Waals surface area contributed by atoms with Crippen LogP contribution in [0.15, 0.2) is 42.5 Å². The maximum absolute atomic E-state index is 13.1. The van der Waals surface area contributed by atoms with Crippen molar-refractivity contribution in [3.05, 3.63) is 59.2 Å². The minimum absolute atomic E-state index is 0.0923. The van der Waals surface area contributed by atoms with E-state index in [0.29, 0.717) is 6.54 Å². The van der Waals surface area contributed by atoms with Crippen LogP contribution in [0.3, 0.4) is 0 Å². The lowest BCUT2D eigenvalue weighted by Gasteiger charge is -2.19. The van der Waals surface area contributed by atoms with Crippen molar-refractivity contribution >= 4 is 17.5 Å². The molecule has 1 aliphatic heterocycles. The van der Waals surface area contributed by atoms with Gasteiger partial charge in [-0.3, -0.25) is 9.59 Å². The Morgan fingerprint density at radius 2 is 1.83 bits per heavy atom. The molecule has 0 radical (unpaired) electrons. The summed E-state index contributed by atoms with van der Waals surface area (Å²) in [6.45, 7) is 8.05. The molecule has 1 N–H and O–H groups in total. The van der Waals surface area contributed by atoms with Crippen molar-refractivity contribution in [2.45, 2.75) is 65.6 Å². The number of rotatable bonds is 8. The number of carbonyl (C=O) groups excluding carboxylic acids is 2. The third kappa shape index (κ3) is 4.97. The Labute approximate surface area is 173 Å². The SMILES string of the molecule is CCCCc1ccc2c(c1)[C@@H](NC(C)=O)C(=O)N2Cc1ccc(OC(C)C)cc1. The average Bonchev–Trinajstić information content (AvgIpc) is 2.92. The van der Waals surface area contributed by atoms with E-state index in [0.717, 1.165) is 41.8 Å².